The van der Waals surface area contributed by atoms with Crippen LogP contribution in [-0.4, -0.2) is 23.8 Å². The van der Waals surface area contributed by atoms with Crippen LogP contribution in [0.1, 0.15) is 101 Å². The molecule has 0 spiro atoms. The minimum absolute atomic E-state index is 0.00313. The molecular formula is C35H47N2O6P. The second-order valence-corrected chi connectivity index (χ2v) is 16.3. The largest absolute Gasteiger partial charge is 0.527 e. The molecule has 2 saturated carbocycles. The van der Waals surface area contributed by atoms with E-state index in [0.29, 0.717) is 6.42 Å². The van der Waals surface area contributed by atoms with Crippen LogP contribution in [0.25, 0.3) is 0 Å². The van der Waals surface area contributed by atoms with Gasteiger partial charge in [-0.25, -0.2) is 4.57 Å². The summed E-state index contributed by atoms with van der Waals surface area (Å²) in [7, 11) is -3.07. The van der Waals surface area contributed by atoms with Crippen molar-refractivity contribution in [2.24, 2.45) is 22.7 Å². The summed E-state index contributed by atoms with van der Waals surface area (Å²) in [5.74, 6) is 0.0580. The van der Waals surface area contributed by atoms with E-state index < -0.39 is 18.7 Å². The number of carbonyl (C=O) groups is 2. The SMILES string of the molecule is COP(=O)(O)Oc1ccc2c(c1)[C@@]1(C)CCC[C@](C)(C(=O)NC(=O)[C@@]3(C)CCC[C@]4(C)c5cc(N)ccc5CC[C@@H]34)[C@@H]1CC2. The number of benzene rings is 2. The minimum atomic E-state index is -4.21. The molecule has 4 aliphatic carbocycles. The lowest BCUT2D eigenvalue weighted by molar-refractivity contribution is -0.150. The van der Waals surface area contributed by atoms with Gasteiger partial charge in [-0.3, -0.25) is 24.3 Å². The van der Waals surface area contributed by atoms with Crippen LogP contribution in [-0.2, 0) is 42.3 Å². The molecular weight excluding hydrogens is 575 g/mol. The van der Waals surface area contributed by atoms with Crippen LogP contribution in [0.5, 0.6) is 5.75 Å². The van der Waals surface area contributed by atoms with Crippen molar-refractivity contribution >= 4 is 25.3 Å². The van der Waals surface area contributed by atoms with Crippen LogP contribution in [0.3, 0.4) is 0 Å². The maximum atomic E-state index is 14.3. The van der Waals surface area contributed by atoms with E-state index >= 15 is 0 Å². The van der Waals surface area contributed by atoms with Crippen molar-refractivity contribution in [2.75, 3.05) is 12.8 Å². The Balaban J connectivity index is 1.27. The molecule has 9 heteroatoms. The molecule has 2 aromatic rings. The van der Waals surface area contributed by atoms with Crippen LogP contribution < -0.4 is 15.6 Å². The number of fused-ring (bicyclic) bond motifs is 6. The fraction of sp³-hybridized carbons (Fsp3) is 0.600. The van der Waals surface area contributed by atoms with E-state index in [1.165, 1.54) is 11.1 Å². The van der Waals surface area contributed by atoms with Gasteiger partial charge in [0.1, 0.15) is 5.75 Å². The Bertz CT molecular complexity index is 1560. The third-order valence-corrected chi connectivity index (χ3v) is 13.3. The molecule has 1 unspecified atom stereocenters. The van der Waals surface area contributed by atoms with Gasteiger partial charge in [-0.2, -0.15) is 0 Å². The molecule has 0 heterocycles. The Hall–Kier alpha value is -2.67. The summed E-state index contributed by atoms with van der Waals surface area (Å²) in [4.78, 5) is 38.6. The summed E-state index contributed by atoms with van der Waals surface area (Å²) in [6.45, 7) is 8.58. The van der Waals surface area contributed by atoms with E-state index in [1.54, 1.807) is 6.07 Å². The van der Waals surface area contributed by atoms with Gasteiger partial charge in [0.2, 0.25) is 11.8 Å². The average Bonchev–Trinajstić information content (AvgIpc) is 2.97. The predicted octanol–water partition coefficient (Wildman–Crippen LogP) is 6.76. The Morgan fingerprint density at radius 2 is 1.34 bits per heavy atom. The van der Waals surface area contributed by atoms with Gasteiger partial charge in [0.15, 0.2) is 0 Å². The highest BCUT2D eigenvalue weighted by Crippen LogP contribution is 2.60. The van der Waals surface area contributed by atoms with Gasteiger partial charge in [-0.15, -0.1) is 0 Å². The normalized spacial score (nSPS) is 35.6. The van der Waals surface area contributed by atoms with E-state index in [-0.39, 0.29) is 40.2 Å². The first-order valence-corrected chi connectivity index (χ1v) is 17.6. The summed E-state index contributed by atoms with van der Waals surface area (Å²) < 4.78 is 22.1. The van der Waals surface area contributed by atoms with Crippen molar-refractivity contribution in [3.8, 4) is 5.75 Å². The van der Waals surface area contributed by atoms with Gasteiger partial charge in [0, 0.05) is 12.8 Å². The molecule has 2 fully saturated rings. The molecule has 44 heavy (non-hydrogen) atoms. The monoisotopic (exact) mass is 622 g/mol. The Morgan fingerprint density at radius 3 is 1.86 bits per heavy atom. The molecule has 4 aliphatic rings. The summed E-state index contributed by atoms with van der Waals surface area (Å²) in [5.41, 5.74) is 9.85. The lowest BCUT2D eigenvalue weighted by Gasteiger charge is -2.56. The molecule has 0 aromatic heterocycles. The summed E-state index contributed by atoms with van der Waals surface area (Å²) >= 11 is 0. The number of rotatable bonds is 5. The number of hydrogen-bond donors (Lipinski definition) is 3. The Morgan fingerprint density at radius 1 is 0.841 bits per heavy atom. The number of imide groups is 1. The molecule has 0 radical (unpaired) electrons. The van der Waals surface area contributed by atoms with Crippen molar-refractivity contribution in [1.82, 2.24) is 5.32 Å². The number of hydrogen-bond acceptors (Lipinski definition) is 6. The molecule has 238 valence electrons. The lowest BCUT2D eigenvalue weighted by atomic mass is 9.49. The van der Waals surface area contributed by atoms with Crippen LogP contribution >= 0.6 is 7.82 Å². The van der Waals surface area contributed by atoms with E-state index in [2.05, 4.69) is 42.7 Å². The molecule has 6 rings (SSSR count). The van der Waals surface area contributed by atoms with Crippen LogP contribution in [0.2, 0.25) is 0 Å². The van der Waals surface area contributed by atoms with E-state index in [0.717, 1.165) is 81.7 Å². The molecule has 2 amide bonds. The number of nitrogens with two attached hydrogens (primary N) is 1. The molecule has 0 bridgehead atoms. The number of nitrogen functional groups attached to an aromatic ring is 1. The second-order valence-electron chi connectivity index (χ2n) is 14.8. The summed E-state index contributed by atoms with van der Waals surface area (Å²) in [6.07, 6.45) is 8.54. The van der Waals surface area contributed by atoms with Crippen molar-refractivity contribution in [3.63, 3.8) is 0 Å². The smallest absolute Gasteiger partial charge is 0.404 e. The predicted molar refractivity (Wildman–Crippen MR) is 170 cm³/mol. The van der Waals surface area contributed by atoms with Crippen molar-refractivity contribution < 1.29 is 28.1 Å². The fourth-order valence-electron chi connectivity index (χ4n) is 10.1. The molecule has 4 N–H and O–H groups in total. The zero-order chi connectivity index (χ0) is 31.7. The van der Waals surface area contributed by atoms with Gasteiger partial charge in [0.25, 0.3) is 0 Å². The molecule has 8 nitrogen and oxygen atoms in total. The first kappa shape index (κ1) is 31.3. The molecule has 7 atom stereocenters. The van der Waals surface area contributed by atoms with Crippen LogP contribution in [0, 0.1) is 22.7 Å². The van der Waals surface area contributed by atoms with E-state index in [9.17, 15) is 19.0 Å². The quantitative estimate of drug-likeness (QED) is 0.191. The first-order chi connectivity index (χ1) is 20.7. The molecule has 0 saturated heterocycles. The maximum Gasteiger partial charge on any atom is 0.527 e. The lowest BCUT2D eigenvalue weighted by Crippen LogP contribution is -2.60. The highest BCUT2D eigenvalue weighted by molar-refractivity contribution is 7.47. The fourth-order valence-corrected chi connectivity index (χ4v) is 10.5. The highest BCUT2D eigenvalue weighted by atomic mass is 31.2. The van der Waals surface area contributed by atoms with Crippen LogP contribution in [0.4, 0.5) is 5.69 Å². The highest BCUT2D eigenvalue weighted by Gasteiger charge is 2.58. The summed E-state index contributed by atoms with van der Waals surface area (Å²) in [5, 5.41) is 3.00. The number of phosphoric ester groups is 1. The van der Waals surface area contributed by atoms with Crippen molar-refractivity contribution in [1.29, 1.82) is 0 Å². The second kappa shape index (κ2) is 10.7. The Labute approximate surface area is 261 Å². The van der Waals surface area contributed by atoms with Gasteiger partial charge >= 0.3 is 7.82 Å². The van der Waals surface area contributed by atoms with E-state index in [4.69, 9.17) is 10.3 Å². The standard InChI is InChI=1S/C35H47N2O6P/c1-32-16-6-18-34(3,28(32)14-10-22-8-12-24(36)20-26(22)32)30(38)37-31(39)35(4)19-7-17-33(2)27-21-25(43-44(40,41)42-5)13-9-23(27)11-15-29(33)35/h8-9,12-13,20-21,28-29H,6-7,10-11,14-19,36H2,1-5H3,(H,40,41)(H,37,38,39)/t28-,29-,32-,33-,34+,35+/m1/s1. The zero-order valence-electron chi connectivity index (χ0n) is 26.7. The van der Waals surface area contributed by atoms with E-state index in [1.807, 2.05) is 25.1 Å². The van der Waals surface area contributed by atoms with Crippen molar-refractivity contribution in [2.45, 2.75) is 103 Å². The van der Waals surface area contributed by atoms with Gasteiger partial charge in [-0.1, -0.05) is 52.7 Å². The van der Waals surface area contributed by atoms with Gasteiger partial charge in [0.05, 0.1) is 10.8 Å². The third-order valence-electron chi connectivity index (χ3n) is 12.4. The average molecular weight is 623 g/mol. The number of anilines is 1. The minimum Gasteiger partial charge on any atom is -0.404 e. The molecule has 2 aromatic carbocycles. The Kier molecular flexibility index (Phi) is 7.62. The van der Waals surface area contributed by atoms with Crippen LogP contribution in [0.15, 0.2) is 36.4 Å². The molecule has 0 aliphatic heterocycles. The van der Waals surface area contributed by atoms with Gasteiger partial charge in [-0.05, 0) is 121 Å². The topological polar surface area (TPSA) is 128 Å². The number of amides is 2. The number of phosphoric acid groups is 1. The first-order valence-electron chi connectivity index (χ1n) is 16.1. The summed E-state index contributed by atoms with van der Waals surface area (Å²) in [6, 6.07) is 11.7. The third kappa shape index (κ3) is 4.83. The number of aryl methyl sites for hydroxylation is 2. The number of nitrogens with one attached hydrogen (secondary N) is 1. The zero-order valence-corrected chi connectivity index (χ0v) is 27.6. The van der Waals surface area contributed by atoms with Crippen molar-refractivity contribution in [3.05, 3.63) is 58.7 Å². The van der Waals surface area contributed by atoms with Gasteiger partial charge < -0.3 is 10.3 Å². The number of carbonyl (C=O) groups excluding carboxylic acids is 2. The maximum absolute atomic E-state index is 14.3.